The maximum atomic E-state index is 13.1. The normalized spacial score (nSPS) is 14.3. The summed E-state index contributed by atoms with van der Waals surface area (Å²) in [4.78, 5) is 23.3. The molecule has 34 heavy (non-hydrogen) atoms. The summed E-state index contributed by atoms with van der Waals surface area (Å²) in [5, 5.41) is 10.6. The van der Waals surface area contributed by atoms with Crippen LogP contribution in [0.3, 0.4) is 0 Å². The van der Waals surface area contributed by atoms with Crippen LogP contribution < -0.4 is 16.1 Å². The lowest BCUT2D eigenvalue weighted by Gasteiger charge is -2.32. The molecular formula is C24H23BFN7O. The van der Waals surface area contributed by atoms with Gasteiger partial charge in [-0.25, -0.2) is 14.2 Å². The second-order valence-corrected chi connectivity index (χ2v) is 8.31. The Morgan fingerprint density at radius 1 is 1.15 bits per heavy atom. The van der Waals surface area contributed by atoms with Crippen molar-refractivity contribution < 1.29 is 9.18 Å². The van der Waals surface area contributed by atoms with Gasteiger partial charge in [-0.3, -0.25) is 4.98 Å². The Hall–Kier alpha value is -3.95. The highest BCUT2D eigenvalue weighted by atomic mass is 19.1. The Balaban J connectivity index is 1.28. The van der Waals surface area contributed by atoms with E-state index in [2.05, 4.69) is 20.7 Å². The van der Waals surface area contributed by atoms with Gasteiger partial charge in [-0.15, -0.1) is 0 Å². The number of anilines is 2. The second-order valence-electron chi connectivity index (χ2n) is 8.31. The molecule has 4 aromatic rings. The summed E-state index contributed by atoms with van der Waals surface area (Å²) in [7, 11) is 6.13. The summed E-state index contributed by atoms with van der Waals surface area (Å²) in [6.45, 7) is 1.78. The Morgan fingerprint density at radius 2 is 1.94 bits per heavy atom. The van der Waals surface area contributed by atoms with E-state index in [-0.39, 0.29) is 17.8 Å². The first-order chi connectivity index (χ1) is 16.6. The number of halogens is 1. The van der Waals surface area contributed by atoms with Crippen LogP contribution in [0.2, 0.25) is 0 Å². The smallest absolute Gasteiger partial charge is 0.321 e. The van der Waals surface area contributed by atoms with Crippen LogP contribution in [0.25, 0.3) is 5.65 Å². The number of aromatic nitrogens is 4. The molecule has 3 aromatic heterocycles. The van der Waals surface area contributed by atoms with Crippen molar-refractivity contribution in [2.24, 2.45) is 0 Å². The molecule has 1 saturated heterocycles. The SMILES string of the molecule is [B]c1cnn2c(NCc3cccnc3)cc(C3CCN(C(=O)Nc4ccc(F)cc4)CC3)nc12. The summed E-state index contributed by atoms with van der Waals surface area (Å²) in [6, 6.07) is 11.5. The highest BCUT2D eigenvalue weighted by molar-refractivity contribution is 6.36. The monoisotopic (exact) mass is 455 g/mol. The van der Waals surface area contributed by atoms with Crippen LogP contribution in [0, 0.1) is 5.82 Å². The second kappa shape index (κ2) is 9.50. The Kier molecular flexibility index (Phi) is 6.11. The van der Waals surface area contributed by atoms with E-state index < -0.39 is 0 Å². The minimum absolute atomic E-state index is 0.188. The summed E-state index contributed by atoms with van der Waals surface area (Å²) >= 11 is 0. The van der Waals surface area contributed by atoms with Crippen LogP contribution >= 0.6 is 0 Å². The average Bonchev–Trinajstić information content (AvgIpc) is 3.25. The van der Waals surface area contributed by atoms with Crippen molar-refractivity contribution in [3.8, 4) is 0 Å². The number of nitrogens with zero attached hydrogens (tertiary/aromatic N) is 5. The topological polar surface area (TPSA) is 87.5 Å². The number of likely N-dealkylation sites (tertiary alicyclic amines) is 1. The molecule has 10 heteroatoms. The van der Waals surface area contributed by atoms with Crippen molar-refractivity contribution >= 4 is 36.5 Å². The molecule has 0 unspecified atom stereocenters. The first kappa shape index (κ1) is 21.9. The third-order valence-corrected chi connectivity index (χ3v) is 6.01. The van der Waals surface area contributed by atoms with Crippen molar-refractivity contribution in [2.75, 3.05) is 23.7 Å². The molecule has 5 rings (SSSR count). The number of amides is 2. The van der Waals surface area contributed by atoms with Gasteiger partial charge in [0.25, 0.3) is 0 Å². The zero-order valence-electron chi connectivity index (χ0n) is 18.5. The van der Waals surface area contributed by atoms with Crippen molar-refractivity contribution in [2.45, 2.75) is 25.3 Å². The van der Waals surface area contributed by atoms with E-state index in [0.717, 1.165) is 29.9 Å². The van der Waals surface area contributed by atoms with E-state index in [1.807, 2.05) is 24.4 Å². The van der Waals surface area contributed by atoms with Crippen LogP contribution in [0.15, 0.2) is 61.1 Å². The van der Waals surface area contributed by atoms with Crippen molar-refractivity contribution in [1.82, 2.24) is 24.5 Å². The highest BCUT2D eigenvalue weighted by Gasteiger charge is 2.26. The number of piperidine rings is 1. The van der Waals surface area contributed by atoms with E-state index in [9.17, 15) is 9.18 Å². The van der Waals surface area contributed by atoms with E-state index in [4.69, 9.17) is 12.8 Å². The van der Waals surface area contributed by atoms with Gasteiger partial charge in [0.1, 0.15) is 25.1 Å². The molecular weight excluding hydrogens is 432 g/mol. The largest absolute Gasteiger partial charge is 0.366 e. The number of urea groups is 1. The van der Waals surface area contributed by atoms with Crippen molar-refractivity contribution in [3.05, 3.63) is 78.1 Å². The molecule has 0 aliphatic carbocycles. The average molecular weight is 455 g/mol. The van der Waals surface area contributed by atoms with E-state index in [1.54, 1.807) is 33.9 Å². The molecule has 170 valence electrons. The quantitative estimate of drug-likeness (QED) is 0.452. The first-order valence-corrected chi connectivity index (χ1v) is 11.2. The number of carbonyl (C=O) groups excluding carboxylic acids is 1. The Bertz CT molecular complexity index is 1290. The lowest BCUT2D eigenvalue weighted by atomic mass is 9.93. The molecule has 8 nitrogen and oxygen atoms in total. The molecule has 4 heterocycles. The third kappa shape index (κ3) is 4.71. The van der Waals surface area contributed by atoms with Crippen LogP contribution in [0.1, 0.15) is 30.0 Å². The molecule has 2 radical (unpaired) electrons. The summed E-state index contributed by atoms with van der Waals surface area (Å²) < 4.78 is 14.8. The maximum absolute atomic E-state index is 13.1. The van der Waals surface area contributed by atoms with Gasteiger partial charge in [-0.05, 0) is 54.2 Å². The number of hydrogen-bond acceptors (Lipinski definition) is 5. The van der Waals surface area contributed by atoms with Crippen LogP contribution in [-0.2, 0) is 6.54 Å². The number of pyridine rings is 1. The minimum Gasteiger partial charge on any atom is -0.366 e. The molecule has 0 saturated carbocycles. The van der Waals surface area contributed by atoms with Gasteiger partial charge < -0.3 is 15.5 Å². The molecule has 1 fully saturated rings. The predicted octanol–water partition coefficient (Wildman–Crippen LogP) is 3.08. The summed E-state index contributed by atoms with van der Waals surface area (Å²) in [5.74, 6) is 0.654. The number of fused-ring (bicyclic) bond motifs is 1. The standard InChI is InChI=1S/C24H23BFN7O/c25-20-15-29-33-22(28-14-16-2-1-9-27-13-16)12-21(31-23(20)33)17-7-10-32(11-8-17)24(34)30-19-5-3-18(26)4-6-19/h1-6,9,12-13,15,17,28H,7-8,10-11,14H2,(H,30,34). The number of hydrogen-bond donors (Lipinski definition) is 2. The number of carbonyl (C=O) groups is 1. The van der Waals surface area contributed by atoms with Crippen molar-refractivity contribution in [1.29, 1.82) is 0 Å². The number of benzene rings is 1. The van der Waals surface area contributed by atoms with Crippen LogP contribution in [0.4, 0.5) is 20.7 Å². The van der Waals surface area contributed by atoms with Gasteiger partial charge in [0, 0.05) is 61.6 Å². The number of nitrogens with one attached hydrogen (secondary N) is 2. The zero-order valence-corrected chi connectivity index (χ0v) is 18.5. The first-order valence-electron chi connectivity index (χ1n) is 11.2. The zero-order chi connectivity index (χ0) is 23.5. The Morgan fingerprint density at radius 3 is 2.68 bits per heavy atom. The molecule has 2 N–H and O–H groups in total. The van der Waals surface area contributed by atoms with E-state index in [1.165, 1.54) is 12.1 Å². The lowest BCUT2D eigenvalue weighted by Crippen LogP contribution is -2.40. The third-order valence-electron chi connectivity index (χ3n) is 6.01. The minimum atomic E-state index is -0.337. The highest BCUT2D eigenvalue weighted by Crippen LogP contribution is 2.29. The van der Waals surface area contributed by atoms with Crippen molar-refractivity contribution in [3.63, 3.8) is 0 Å². The summed E-state index contributed by atoms with van der Waals surface area (Å²) in [5.41, 5.74) is 3.67. The van der Waals surface area contributed by atoms with Crippen LogP contribution in [0.5, 0.6) is 0 Å². The number of rotatable bonds is 5. The molecule has 1 aromatic carbocycles. The van der Waals surface area contributed by atoms with Crippen LogP contribution in [-0.4, -0.2) is 51.4 Å². The maximum Gasteiger partial charge on any atom is 0.321 e. The molecule has 1 aliphatic rings. The molecule has 1 aliphatic heterocycles. The van der Waals surface area contributed by atoms with E-state index in [0.29, 0.717) is 36.4 Å². The predicted molar refractivity (Wildman–Crippen MR) is 129 cm³/mol. The van der Waals surface area contributed by atoms with Gasteiger partial charge in [-0.1, -0.05) is 6.07 Å². The van der Waals surface area contributed by atoms with Gasteiger partial charge in [-0.2, -0.15) is 9.61 Å². The molecule has 0 bridgehead atoms. The Labute approximate surface area is 197 Å². The summed E-state index contributed by atoms with van der Waals surface area (Å²) in [6.07, 6.45) is 6.71. The van der Waals surface area contributed by atoms with Gasteiger partial charge in [0.05, 0.1) is 0 Å². The fourth-order valence-electron chi connectivity index (χ4n) is 4.14. The molecule has 0 spiro atoms. The van der Waals surface area contributed by atoms with Gasteiger partial charge in [0.15, 0.2) is 0 Å². The van der Waals surface area contributed by atoms with Gasteiger partial charge in [0.2, 0.25) is 0 Å². The van der Waals surface area contributed by atoms with E-state index >= 15 is 0 Å². The fourth-order valence-corrected chi connectivity index (χ4v) is 4.14. The van der Waals surface area contributed by atoms with Gasteiger partial charge >= 0.3 is 6.03 Å². The lowest BCUT2D eigenvalue weighted by molar-refractivity contribution is 0.194. The molecule has 0 atom stereocenters. The fraction of sp³-hybridized carbons (Fsp3) is 0.250. The molecule has 2 amide bonds.